The molecular weight excluding hydrogens is 252 g/mol. The molecule has 0 atom stereocenters. The fourth-order valence-corrected chi connectivity index (χ4v) is 2.51. The van der Waals surface area contributed by atoms with E-state index in [4.69, 9.17) is 0 Å². The number of rotatable bonds is 5. The van der Waals surface area contributed by atoms with Crippen LogP contribution in [0.15, 0.2) is 42.7 Å². The number of benzene rings is 1. The highest BCUT2D eigenvalue weighted by Gasteiger charge is 2.23. The van der Waals surface area contributed by atoms with Gasteiger partial charge in [0.15, 0.2) is 0 Å². The van der Waals surface area contributed by atoms with E-state index in [2.05, 4.69) is 16.5 Å². The number of amides is 1. The molecule has 1 aromatic heterocycles. The third kappa shape index (κ3) is 2.72. The van der Waals surface area contributed by atoms with Crippen molar-refractivity contribution in [2.75, 3.05) is 24.5 Å². The molecule has 0 aliphatic carbocycles. The summed E-state index contributed by atoms with van der Waals surface area (Å²) in [5, 5.41) is 7.30. The van der Waals surface area contributed by atoms with Gasteiger partial charge in [-0.1, -0.05) is 18.2 Å². The molecule has 1 aromatic carbocycles. The molecule has 0 saturated heterocycles. The molecule has 0 saturated carbocycles. The first-order valence-electron chi connectivity index (χ1n) is 6.91. The highest BCUT2D eigenvalue weighted by molar-refractivity contribution is 5.96. The van der Waals surface area contributed by atoms with Gasteiger partial charge in [0.1, 0.15) is 0 Å². The van der Waals surface area contributed by atoms with Crippen molar-refractivity contribution >= 4 is 11.6 Å². The third-order valence-electron chi connectivity index (χ3n) is 3.54. The average molecular weight is 270 g/mol. The second-order valence-corrected chi connectivity index (χ2v) is 4.87. The van der Waals surface area contributed by atoms with E-state index >= 15 is 0 Å². The van der Waals surface area contributed by atoms with E-state index < -0.39 is 0 Å². The van der Waals surface area contributed by atoms with Gasteiger partial charge in [-0.25, -0.2) is 0 Å². The van der Waals surface area contributed by atoms with Crippen LogP contribution in [0.5, 0.6) is 0 Å². The molecule has 2 heterocycles. The number of hydrogen-bond donors (Lipinski definition) is 1. The Bertz CT molecular complexity index is 579. The second-order valence-electron chi connectivity index (χ2n) is 4.87. The normalized spacial score (nSPS) is 13.5. The third-order valence-corrected chi connectivity index (χ3v) is 3.54. The molecule has 0 spiro atoms. The molecular formula is C15H18N4O. The molecule has 0 fully saturated rings. The SMILES string of the molecule is O=C(CNCCn1cccn1)N1CCc2ccccc21. The number of nitrogens with zero attached hydrogens (tertiary/aromatic N) is 3. The summed E-state index contributed by atoms with van der Waals surface area (Å²) in [6.07, 6.45) is 4.63. The van der Waals surface area contributed by atoms with Crippen LogP contribution in [0, 0.1) is 0 Å². The van der Waals surface area contributed by atoms with E-state index in [1.807, 2.05) is 40.0 Å². The summed E-state index contributed by atoms with van der Waals surface area (Å²) in [4.78, 5) is 14.1. The molecule has 1 N–H and O–H groups in total. The van der Waals surface area contributed by atoms with Crippen LogP contribution in [0.25, 0.3) is 0 Å². The zero-order valence-corrected chi connectivity index (χ0v) is 11.3. The second kappa shape index (κ2) is 5.88. The number of carbonyl (C=O) groups is 1. The first kappa shape index (κ1) is 12.9. The minimum absolute atomic E-state index is 0.135. The van der Waals surface area contributed by atoms with Crippen LogP contribution in [0.1, 0.15) is 5.56 Å². The number of nitrogens with one attached hydrogen (secondary N) is 1. The highest BCUT2D eigenvalue weighted by Crippen LogP contribution is 2.27. The largest absolute Gasteiger partial charge is 0.311 e. The first-order valence-corrected chi connectivity index (χ1v) is 6.91. The minimum Gasteiger partial charge on any atom is -0.311 e. The predicted molar refractivity (Wildman–Crippen MR) is 77.6 cm³/mol. The molecule has 3 rings (SSSR count). The van der Waals surface area contributed by atoms with Crippen LogP contribution in [0.3, 0.4) is 0 Å². The molecule has 0 unspecified atom stereocenters. The fourth-order valence-electron chi connectivity index (χ4n) is 2.51. The predicted octanol–water partition coefficient (Wildman–Crippen LogP) is 1.06. The van der Waals surface area contributed by atoms with Crippen LogP contribution >= 0.6 is 0 Å². The van der Waals surface area contributed by atoms with E-state index in [-0.39, 0.29) is 5.91 Å². The van der Waals surface area contributed by atoms with Gasteiger partial charge in [0, 0.05) is 31.2 Å². The van der Waals surface area contributed by atoms with Crippen molar-refractivity contribution in [2.45, 2.75) is 13.0 Å². The van der Waals surface area contributed by atoms with E-state index in [0.717, 1.165) is 31.7 Å². The van der Waals surface area contributed by atoms with Gasteiger partial charge in [-0.05, 0) is 24.1 Å². The lowest BCUT2D eigenvalue weighted by Gasteiger charge is -2.17. The maximum Gasteiger partial charge on any atom is 0.240 e. The number of aromatic nitrogens is 2. The average Bonchev–Trinajstić information content (AvgIpc) is 3.12. The maximum absolute atomic E-state index is 12.2. The van der Waals surface area contributed by atoms with Gasteiger partial charge >= 0.3 is 0 Å². The van der Waals surface area contributed by atoms with Crippen LogP contribution in [-0.4, -0.2) is 35.3 Å². The summed E-state index contributed by atoms with van der Waals surface area (Å²) in [7, 11) is 0. The molecule has 20 heavy (non-hydrogen) atoms. The zero-order valence-electron chi connectivity index (χ0n) is 11.3. The molecule has 0 bridgehead atoms. The lowest BCUT2D eigenvalue weighted by atomic mass is 10.2. The van der Waals surface area contributed by atoms with Crippen molar-refractivity contribution in [2.24, 2.45) is 0 Å². The fraction of sp³-hybridized carbons (Fsp3) is 0.333. The van der Waals surface area contributed by atoms with Crippen LogP contribution in [0.4, 0.5) is 5.69 Å². The van der Waals surface area contributed by atoms with Crippen molar-refractivity contribution in [3.63, 3.8) is 0 Å². The summed E-state index contributed by atoms with van der Waals surface area (Å²) in [5.41, 5.74) is 2.32. The Balaban J connectivity index is 1.48. The highest BCUT2D eigenvalue weighted by atomic mass is 16.2. The molecule has 1 amide bonds. The molecule has 5 heteroatoms. The van der Waals surface area contributed by atoms with Crippen LogP contribution in [-0.2, 0) is 17.8 Å². The van der Waals surface area contributed by atoms with Crippen LogP contribution < -0.4 is 10.2 Å². The molecule has 104 valence electrons. The lowest BCUT2D eigenvalue weighted by Crippen LogP contribution is -2.38. The molecule has 1 aliphatic rings. The lowest BCUT2D eigenvalue weighted by molar-refractivity contribution is -0.117. The Labute approximate surface area is 118 Å². The smallest absolute Gasteiger partial charge is 0.240 e. The van der Waals surface area contributed by atoms with E-state index in [9.17, 15) is 4.79 Å². The van der Waals surface area contributed by atoms with Gasteiger partial charge in [-0.3, -0.25) is 9.48 Å². The van der Waals surface area contributed by atoms with Gasteiger partial charge in [-0.2, -0.15) is 5.10 Å². The van der Waals surface area contributed by atoms with Crippen molar-refractivity contribution in [3.05, 3.63) is 48.3 Å². The van der Waals surface area contributed by atoms with Crippen molar-refractivity contribution in [3.8, 4) is 0 Å². The maximum atomic E-state index is 12.2. The van der Waals surface area contributed by atoms with E-state index in [1.54, 1.807) is 6.20 Å². The Hall–Kier alpha value is -2.14. The number of anilines is 1. The Kier molecular flexibility index (Phi) is 3.78. The zero-order chi connectivity index (χ0) is 13.8. The summed E-state index contributed by atoms with van der Waals surface area (Å²) in [6, 6.07) is 10.0. The summed E-state index contributed by atoms with van der Waals surface area (Å²) in [5.74, 6) is 0.135. The van der Waals surface area contributed by atoms with Crippen molar-refractivity contribution < 1.29 is 4.79 Å². The van der Waals surface area contributed by atoms with Gasteiger partial charge < -0.3 is 10.2 Å². The number of hydrogen-bond acceptors (Lipinski definition) is 3. The number of carbonyl (C=O) groups excluding carboxylic acids is 1. The van der Waals surface area contributed by atoms with Crippen molar-refractivity contribution in [1.29, 1.82) is 0 Å². The van der Waals surface area contributed by atoms with Gasteiger partial charge in [0.05, 0.1) is 13.1 Å². The number of fused-ring (bicyclic) bond motifs is 1. The minimum atomic E-state index is 0.135. The summed E-state index contributed by atoms with van der Waals surface area (Å²) in [6.45, 7) is 2.67. The monoisotopic (exact) mass is 270 g/mol. The van der Waals surface area contributed by atoms with Crippen LogP contribution in [0.2, 0.25) is 0 Å². The first-order chi connectivity index (χ1) is 9.84. The van der Waals surface area contributed by atoms with E-state index in [0.29, 0.717) is 6.54 Å². The topological polar surface area (TPSA) is 50.2 Å². The Morgan fingerprint density at radius 3 is 3.05 bits per heavy atom. The van der Waals surface area contributed by atoms with Gasteiger partial charge in [0.2, 0.25) is 5.91 Å². The molecule has 0 radical (unpaired) electrons. The van der Waals surface area contributed by atoms with E-state index in [1.165, 1.54) is 5.56 Å². The Morgan fingerprint density at radius 1 is 1.30 bits per heavy atom. The number of para-hydroxylation sites is 1. The quantitative estimate of drug-likeness (QED) is 0.827. The Morgan fingerprint density at radius 2 is 2.20 bits per heavy atom. The molecule has 2 aromatic rings. The molecule has 1 aliphatic heterocycles. The molecule has 5 nitrogen and oxygen atoms in total. The summed E-state index contributed by atoms with van der Waals surface area (Å²) >= 11 is 0. The standard InChI is InChI=1S/C15H18N4O/c20-15(12-16-8-11-18-9-3-7-17-18)19-10-6-13-4-1-2-5-14(13)19/h1-5,7,9,16H,6,8,10-12H2. The summed E-state index contributed by atoms with van der Waals surface area (Å²) < 4.78 is 1.85. The van der Waals surface area contributed by atoms with Gasteiger partial charge in [-0.15, -0.1) is 0 Å². The van der Waals surface area contributed by atoms with Crippen molar-refractivity contribution in [1.82, 2.24) is 15.1 Å². The van der Waals surface area contributed by atoms with Gasteiger partial charge in [0.25, 0.3) is 0 Å².